The molecule has 2 fully saturated rings. The van der Waals surface area contributed by atoms with Crippen LogP contribution in [0.5, 0.6) is 0 Å². The molecule has 1 saturated carbocycles. The lowest BCUT2D eigenvalue weighted by atomic mass is 10.0. The zero-order chi connectivity index (χ0) is 18.1. The Hall–Kier alpha value is -2.54. The van der Waals surface area contributed by atoms with Crippen molar-refractivity contribution in [2.45, 2.75) is 43.9 Å². The van der Waals surface area contributed by atoms with Crippen LogP contribution in [0, 0.1) is 0 Å². The Morgan fingerprint density at radius 3 is 2.62 bits per heavy atom. The Morgan fingerprint density at radius 1 is 1.23 bits per heavy atom. The third-order valence-electron chi connectivity index (χ3n) is 4.99. The molecule has 0 unspecified atom stereocenters. The number of hydrogen-bond acceptors (Lipinski definition) is 6. The minimum atomic E-state index is 0.0469. The van der Waals surface area contributed by atoms with Gasteiger partial charge >= 0.3 is 0 Å². The molecule has 4 rings (SSSR count). The lowest BCUT2D eigenvalue weighted by Gasteiger charge is -2.29. The summed E-state index contributed by atoms with van der Waals surface area (Å²) in [6, 6.07) is 4.51. The van der Waals surface area contributed by atoms with Gasteiger partial charge in [-0.1, -0.05) is 6.07 Å². The Bertz CT molecular complexity index is 759. The van der Waals surface area contributed by atoms with Gasteiger partial charge in [-0.2, -0.15) is 0 Å². The molecule has 3 heterocycles. The van der Waals surface area contributed by atoms with E-state index < -0.39 is 0 Å². The molecule has 7 nitrogen and oxygen atoms in total. The molecule has 2 aromatic rings. The lowest BCUT2D eigenvalue weighted by molar-refractivity contribution is -0.129. The van der Waals surface area contributed by atoms with E-state index in [0.717, 1.165) is 24.0 Å². The first kappa shape index (κ1) is 16.9. The number of carbonyl (C=O) groups is 1. The number of hydrogen-bond donors (Lipinski definition) is 1. The average Bonchev–Trinajstić information content (AvgIpc) is 3.44. The summed E-state index contributed by atoms with van der Waals surface area (Å²) in [6.45, 7) is 0.640. The number of likely N-dealkylation sites (tertiary alicyclic amines) is 1. The quantitative estimate of drug-likeness (QED) is 0.850. The Labute approximate surface area is 153 Å². The molecule has 0 aromatic carbocycles. The fraction of sp³-hybridized carbons (Fsp3) is 0.474. The number of carbonyl (C=O) groups excluding carboxylic acids is 1. The van der Waals surface area contributed by atoms with Gasteiger partial charge < -0.3 is 15.1 Å². The van der Waals surface area contributed by atoms with Crippen LogP contribution in [0.2, 0.25) is 0 Å². The van der Waals surface area contributed by atoms with E-state index in [4.69, 9.17) is 0 Å². The second-order valence-electron chi connectivity index (χ2n) is 7.24. The van der Waals surface area contributed by atoms with Crippen LogP contribution in [0.3, 0.4) is 0 Å². The summed E-state index contributed by atoms with van der Waals surface area (Å²) in [5.41, 5.74) is 2.11. The van der Waals surface area contributed by atoms with Gasteiger partial charge in [0.2, 0.25) is 11.9 Å². The van der Waals surface area contributed by atoms with Crippen molar-refractivity contribution in [3.05, 3.63) is 48.0 Å². The summed E-state index contributed by atoms with van der Waals surface area (Å²) < 4.78 is 0. The molecule has 2 aliphatic rings. The van der Waals surface area contributed by atoms with E-state index in [1.807, 2.05) is 43.7 Å². The van der Waals surface area contributed by atoms with E-state index >= 15 is 0 Å². The van der Waals surface area contributed by atoms with Crippen LogP contribution < -0.4 is 10.2 Å². The smallest absolute Gasteiger partial charge is 0.225 e. The number of nitrogens with one attached hydrogen (secondary N) is 1. The predicted molar refractivity (Wildman–Crippen MR) is 98.4 cm³/mol. The second kappa shape index (κ2) is 6.99. The van der Waals surface area contributed by atoms with Crippen molar-refractivity contribution in [2.24, 2.45) is 0 Å². The standard InChI is InChI=1S/C19H24N6O/c1-24(2)19-22-10-13(11-23-19)9-21-16-8-17(26)25(15-5-6-15)18(16)14-4-3-7-20-12-14/h3-4,7,10-12,15-16,18,21H,5-6,8-9H2,1-2H3/t16-,18+/m1/s1. The van der Waals surface area contributed by atoms with Crippen LogP contribution in [0.4, 0.5) is 5.95 Å². The average molecular weight is 352 g/mol. The third-order valence-corrected chi connectivity index (χ3v) is 4.99. The van der Waals surface area contributed by atoms with Crippen molar-refractivity contribution in [3.8, 4) is 0 Å². The number of aromatic nitrogens is 3. The molecule has 1 aliphatic carbocycles. The summed E-state index contributed by atoms with van der Waals surface area (Å²) in [6.07, 6.45) is 10.1. The van der Waals surface area contributed by atoms with Gasteiger partial charge in [0.05, 0.1) is 6.04 Å². The molecule has 1 saturated heterocycles. The van der Waals surface area contributed by atoms with Gasteiger partial charge in [0.15, 0.2) is 0 Å². The number of nitrogens with zero attached hydrogens (tertiary/aromatic N) is 5. The molecule has 0 bridgehead atoms. The van der Waals surface area contributed by atoms with Crippen molar-refractivity contribution >= 4 is 11.9 Å². The van der Waals surface area contributed by atoms with E-state index in [2.05, 4.69) is 31.2 Å². The highest BCUT2D eigenvalue weighted by Gasteiger charge is 2.47. The fourth-order valence-corrected chi connectivity index (χ4v) is 3.58. The molecule has 0 spiro atoms. The maximum absolute atomic E-state index is 12.6. The molecular weight excluding hydrogens is 328 g/mol. The van der Waals surface area contributed by atoms with Gasteiger partial charge in [-0.15, -0.1) is 0 Å². The third kappa shape index (κ3) is 3.39. The van der Waals surface area contributed by atoms with Crippen molar-refractivity contribution < 1.29 is 4.79 Å². The molecule has 136 valence electrons. The van der Waals surface area contributed by atoms with Gasteiger partial charge in [-0.05, 0) is 24.5 Å². The highest BCUT2D eigenvalue weighted by Crippen LogP contribution is 2.41. The van der Waals surface area contributed by atoms with Crippen molar-refractivity contribution in [1.29, 1.82) is 0 Å². The zero-order valence-electron chi connectivity index (χ0n) is 15.2. The lowest BCUT2D eigenvalue weighted by Crippen LogP contribution is -2.37. The number of anilines is 1. The van der Waals surface area contributed by atoms with E-state index in [9.17, 15) is 4.79 Å². The maximum Gasteiger partial charge on any atom is 0.225 e. The van der Waals surface area contributed by atoms with Crippen molar-refractivity contribution in [1.82, 2.24) is 25.2 Å². The highest BCUT2D eigenvalue weighted by atomic mass is 16.2. The van der Waals surface area contributed by atoms with Gasteiger partial charge in [-0.25, -0.2) is 9.97 Å². The molecule has 2 atom stereocenters. The first-order valence-electron chi connectivity index (χ1n) is 9.06. The summed E-state index contributed by atoms with van der Waals surface area (Å²) in [5, 5.41) is 3.55. The molecule has 1 aliphatic heterocycles. The van der Waals surface area contributed by atoms with Crippen LogP contribution in [-0.2, 0) is 11.3 Å². The molecule has 26 heavy (non-hydrogen) atoms. The predicted octanol–water partition coefficient (Wildman–Crippen LogP) is 1.53. The van der Waals surface area contributed by atoms with Crippen LogP contribution in [0.1, 0.15) is 36.4 Å². The van der Waals surface area contributed by atoms with E-state index in [-0.39, 0.29) is 18.0 Å². The molecule has 0 radical (unpaired) electrons. The minimum absolute atomic E-state index is 0.0469. The van der Waals surface area contributed by atoms with Gasteiger partial charge in [0.1, 0.15) is 0 Å². The highest BCUT2D eigenvalue weighted by molar-refractivity contribution is 5.81. The van der Waals surface area contributed by atoms with Gasteiger partial charge in [-0.3, -0.25) is 9.78 Å². The normalized spacial score (nSPS) is 22.7. The second-order valence-corrected chi connectivity index (χ2v) is 7.24. The van der Waals surface area contributed by atoms with Crippen molar-refractivity contribution in [3.63, 3.8) is 0 Å². The Kier molecular flexibility index (Phi) is 4.55. The first-order valence-corrected chi connectivity index (χ1v) is 9.06. The molecular formula is C19H24N6O. The first-order chi connectivity index (χ1) is 12.6. The molecule has 1 N–H and O–H groups in total. The topological polar surface area (TPSA) is 74.2 Å². The zero-order valence-corrected chi connectivity index (χ0v) is 15.2. The van der Waals surface area contributed by atoms with E-state index in [1.165, 1.54) is 0 Å². The number of amides is 1. The molecule has 2 aromatic heterocycles. The molecule has 1 amide bonds. The minimum Gasteiger partial charge on any atom is -0.347 e. The SMILES string of the molecule is CN(C)c1ncc(CN[C@@H]2CC(=O)N(C3CC3)[C@H]2c2cccnc2)cn1. The van der Waals surface area contributed by atoms with Crippen LogP contribution in [-0.4, -0.2) is 51.9 Å². The summed E-state index contributed by atoms with van der Waals surface area (Å²) in [7, 11) is 3.84. The van der Waals surface area contributed by atoms with Crippen molar-refractivity contribution in [2.75, 3.05) is 19.0 Å². The Balaban J connectivity index is 1.50. The number of rotatable bonds is 6. The van der Waals surface area contributed by atoms with Gasteiger partial charge in [0.25, 0.3) is 0 Å². The Morgan fingerprint density at radius 2 is 2.00 bits per heavy atom. The van der Waals surface area contributed by atoms with Crippen LogP contribution >= 0.6 is 0 Å². The monoisotopic (exact) mass is 352 g/mol. The largest absolute Gasteiger partial charge is 0.347 e. The summed E-state index contributed by atoms with van der Waals surface area (Å²) in [4.78, 5) is 29.5. The van der Waals surface area contributed by atoms with Crippen LogP contribution in [0.25, 0.3) is 0 Å². The number of pyridine rings is 1. The van der Waals surface area contributed by atoms with Crippen LogP contribution in [0.15, 0.2) is 36.9 Å². The summed E-state index contributed by atoms with van der Waals surface area (Å²) >= 11 is 0. The van der Waals surface area contributed by atoms with E-state index in [0.29, 0.717) is 25.0 Å². The maximum atomic E-state index is 12.6. The van der Waals surface area contributed by atoms with Gasteiger partial charge in [0, 0.05) is 69.5 Å². The fourth-order valence-electron chi connectivity index (χ4n) is 3.58. The summed E-state index contributed by atoms with van der Waals surface area (Å²) in [5.74, 6) is 0.927. The van der Waals surface area contributed by atoms with E-state index in [1.54, 1.807) is 6.20 Å². The molecule has 7 heteroatoms.